The zero-order valence-corrected chi connectivity index (χ0v) is 15.8. The van der Waals surface area contributed by atoms with Gasteiger partial charge in [-0.1, -0.05) is 68.4 Å². The number of ether oxygens (including phenoxy) is 1. The lowest BCUT2D eigenvalue weighted by atomic mass is 9.96. The molecule has 0 radical (unpaired) electrons. The van der Waals surface area contributed by atoms with Crippen molar-refractivity contribution in [3.05, 3.63) is 72.1 Å². The molecule has 4 nitrogen and oxygen atoms in total. The first-order valence-electron chi connectivity index (χ1n) is 9.28. The monoisotopic (exact) mass is 358 g/mol. The lowest BCUT2D eigenvalue weighted by Gasteiger charge is -2.09. The summed E-state index contributed by atoms with van der Waals surface area (Å²) in [4.78, 5) is 13.0. The van der Waals surface area contributed by atoms with Crippen molar-refractivity contribution in [3.63, 3.8) is 0 Å². The fourth-order valence-electron chi connectivity index (χ4n) is 3.72. The van der Waals surface area contributed by atoms with E-state index in [0.717, 1.165) is 33.1 Å². The number of hydrogen-bond acceptors (Lipinski definition) is 3. The summed E-state index contributed by atoms with van der Waals surface area (Å²) in [6.07, 6.45) is 1.86. The molecule has 4 heteroatoms. The van der Waals surface area contributed by atoms with Gasteiger partial charge in [0.1, 0.15) is 0 Å². The highest BCUT2D eigenvalue weighted by atomic mass is 16.5. The van der Waals surface area contributed by atoms with E-state index in [1.54, 1.807) is 0 Å². The maximum Gasteiger partial charge on any atom is 0.340 e. The zero-order valence-electron chi connectivity index (χ0n) is 15.8. The van der Waals surface area contributed by atoms with E-state index in [0.29, 0.717) is 12.2 Å². The quantitative estimate of drug-likeness (QED) is 0.455. The van der Waals surface area contributed by atoms with Crippen molar-refractivity contribution in [2.24, 2.45) is 0 Å². The van der Waals surface area contributed by atoms with Crippen LogP contribution in [0.5, 0.6) is 0 Å². The Balaban J connectivity index is 2.23. The molecule has 0 saturated carbocycles. The van der Waals surface area contributed by atoms with Crippen LogP contribution in [0.1, 0.15) is 42.7 Å². The number of aromatic nitrogens is 2. The van der Waals surface area contributed by atoms with Gasteiger partial charge in [-0.15, -0.1) is 0 Å². The van der Waals surface area contributed by atoms with Gasteiger partial charge < -0.3 is 4.74 Å². The molecule has 0 aliphatic rings. The van der Waals surface area contributed by atoms with E-state index in [1.165, 1.54) is 0 Å². The second-order valence-electron chi connectivity index (χ2n) is 6.87. The summed E-state index contributed by atoms with van der Waals surface area (Å²) in [5, 5.41) is 6.81. The van der Waals surface area contributed by atoms with Crippen molar-refractivity contribution >= 4 is 22.3 Å². The minimum Gasteiger partial charge on any atom is -0.462 e. The summed E-state index contributed by atoms with van der Waals surface area (Å²) in [7, 11) is 0. The first kappa shape index (κ1) is 17.3. The predicted octanol–water partition coefficient (Wildman–Crippen LogP) is 5.45. The smallest absolute Gasteiger partial charge is 0.340 e. The molecule has 0 fully saturated rings. The lowest BCUT2D eigenvalue weighted by Crippen LogP contribution is -2.10. The topological polar surface area (TPSA) is 43.6 Å². The lowest BCUT2D eigenvalue weighted by molar-refractivity contribution is 0.0525. The van der Waals surface area contributed by atoms with Gasteiger partial charge in [0.05, 0.1) is 29.6 Å². The van der Waals surface area contributed by atoms with Gasteiger partial charge in [-0.2, -0.15) is 5.10 Å². The summed E-state index contributed by atoms with van der Waals surface area (Å²) in [6, 6.07) is 18.2. The molecule has 0 amide bonds. The second-order valence-corrected chi connectivity index (χ2v) is 6.87. The molecule has 4 aromatic rings. The summed E-state index contributed by atoms with van der Waals surface area (Å²) < 4.78 is 7.36. The fraction of sp³-hybridized carbons (Fsp3) is 0.217. The number of nitrogens with zero attached hydrogens (tertiary/aromatic N) is 2. The third-order valence-electron chi connectivity index (χ3n) is 4.80. The molecule has 2 aromatic heterocycles. The molecular weight excluding hydrogens is 336 g/mol. The highest BCUT2D eigenvalue weighted by Crippen LogP contribution is 2.39. The molecule has 0 bridgehead atoms. The Labute approximate surface area is 158 Å². The molecule has 0 unspecified atom stereocenters. The third-order valence-corrected chi connectivity index (χ3v) is 4.80. The standard InChI is InChI=1S/C23H22N2O2/c1-4-27-23(26)20-19(16-10-6-5-7-11-16)22-18-13-9-8-12-17(18)14-24-25(22)21(20)15(2)3/h5-15H,4H2,1-3H3. The van der Waals surface area contributed by atoms with Crippen LogP contribution in [0.3, 0.4) is 0 Å². The van der Waals surface area contributed by atoms with Crippen molar-refractivity contribution in [1.82, 2.24) is 9.61 Å². The van der Waals surface area contributed by atoms with Gasteiger partial charge in [0.15, 0.2) is 0 Å². The van der Waals surface area contributed by atoms with Crippen molar-refractivity contribution in [2.75, 3.05) is 6.61 Å². The number of fused-ring (bicyclic) bond motifs is 3. The predicted molar refractivity (Wildman–Crippen MR) is 108 cm³/mol. The zero-order chi connectivity index (χ0) is 19.0. The third kappa shape index (κ3) is 2.78. The Morgan fingerprint density at radius 3 is 2.48 bits per heavy atom. The summed E-state index contributed by atoms with van der Waals surface area (Å²) >= 11 is 0. The molecule has 0 aliphatic carbocycles. The molecule has 2 heterocycles. The van der Waals surface area contributed by atoms with E-state index >= 15 is 0 Å². The fourth-order valence-corrected chi connectivity index (χ4v) is 3.72. The minimum atomic E-state index is -0.297. The van der Waals surface area contributed by atoms with Crippen LogP contribution in [-0.4, -0.2) is 22.2 Å². The molecule has 27 heavy (non-hydrogen) atoms. The van der Waals surface area contributed by atoms with E-state index in [1.807, 2.05) is 66.2 Å². The van der Waals surface area contributed by atoms with E-state index < -0.39 is 0 Å². The Morgan fingerprint density at radius 1 is 1.07 bits per heavy atom. The Bertz CT molecular complexity index is 1130. The van der Waals surface area contributed by atoms with E-state index in [4.69, 9.17) is 4.74 Å². The summed E-state index contributed by atoms with van der Waals surface area (Å²) in [5.74, 6) is -0.183. The minimum absolute atomic E-state index is 0.114. The molecular formula is C23H22N2O2. The number of carbonyl (C=O) groups excluding carboxylic acids is 1. The number of carbonyl (C=O) groups is 1. The first-order chi connectivity index (χ1) is 13.1. The van der Waals surface area contributed by atoms with Crippen LogP contribution in [-0.2, 0) is 4.74 Å². The SMILES string of the molecule is CCOC(=O)c1c(-c2ccccc2)c2c3ccccc3cnn2c1C(C)C. The average Bonchev–Trinajstić information content (AvgIpc) is 3.05. The van der Waals surface area contributed by atoms with Crippen LogP contribution in [0.15, 0.2) is 60.8 Å². The summed E-state index contributed by atoms with van der Waals surface area (Å²) in [6.45, 7) is 6.33. The molecule has 0 spiro atoms. The normalized spacial score (nSPS) is 11.4. The molecule has 4 rings (SSSR count). The number of benzene rings is 2. The second kappa shape index (κ2) is 6.88. The summed E-state index contributed by atoms with van der Waals surface area (Å²) in [5.41, 5.74) is 4.33. The van der Waals surface area contributed by atoms with Gasteiger partial charge >= 0.3 is 5.97 Å². The Hall–Kier alpha value is -3.14. The van der Waals surface area contributed by atoms with Gasteiger partial charge in [-0.05, 0) is 18.4 Å². The highest BCUT2D eigenvalue weighted by molar-refractivity contribution is 6.11. The van der Waals surface area contributed by atoms with E-state index in [2.05, 4.69) is 25.0 Å². The number of esters is 1. The Kier molecular flexibility index (Phi) is 4.40. The van der Waals surface area contributed by atoms with Crippen molar-refractivity contribution < 1.29 is 9.53 Å². The van der Waals surface area contributed by atoms with Gasteiger partial charge in [0, 0.05) is 16.3 Å². The van der Waals surface area contributed by atoms with E-state index in [-0.39, 0.29) is 11.9 Å². The van der Waals surface area contributed by atoms with E-state index in [9.17, 15) is 4.79 Å². The highest BCUT2D eigenvalue weighted by Gasteiger charge is 2.29. The van der Waals surface area contributed by atoms with Crippen LogP contribution in [0, 0.1) is 0 Å². The van der Waals surface area contributed by atoms with Crippen LogP contribution in [0.4, 0.5) is 0 Å². The van der Waals surface area contributed by atoms with Gasteiger partial charge in [-0.3, -0.25) is 0 Å². The largest absolute Gasteiger partial charge is 0.462 e. The van der Waals surface area contributed by atoms with Crippen LogP contribution in [0.2, 0.25) is 0 Å². The molecule has 0 atom stereocenters. The van der Waals surface area contributed by atoms with Crippen molar-refractivity contribution in [1.29, 1.82) is 0 Å². The van der Waals surface area contributed by atoms with Gasteiger partial charge in [0.2, 0.25) is 0 Å². The van der Waals surface area contributed by atoms with Crippen molar-refractivity contribution in [3.8, 4) is 11.1 Å². The average molecular weight is 358 g/mol. The van der Waals surface area contributed by atoms with Crippen molar-refractivity contribution in [2.45, 2.75) is 26.7 Å². The van der Waals surface area contributed by atoms with Crippen LogP contribution in [0.25, 0.3) is 27.4 Å². The molecule has 0 saturated heterocycles. The van der Waals surface area contributed by atoms with Crippen LogP contribution < -0.4 is 0 Å². The number of hydrogen-bond donors (Lipinski definition) is 0. The molecule has 0 aliphatic heterocycles. The molecule has 2 aromatic carbocycles. The van der Waals surface area contributed by atoms with Gasteiger partial charge in [-0.25, -0.2) is 9.31 Å². The molecule has 136 valence electrons. The maximum atomic E-state index is 13.0. The number of rotatable bonds is 4. The molecule has 0 N–H and O–H groups in total. The van der Waals surface area contributed by atoms with Gasteiger partial charge in [0.25, 0.3) is 0 Å². The first-order valence-corrected chi connectivity index (χ1v) is 9.28. The van der Waals surface area contributed by atoms with Crippen LogP contribution >= 0.6 is 0 Å². The maximum absolute atomic E-state index is 13.0. The Morgan fingerprint density at radius 2 is 1.78 bits per heavy atom.